The lowest BCUT2D eigenvalue weighted by Gasteiger charge is -2.36. The molecule has 172 valence electrons. The SMILES string of the molecule is CC(C)c1ccc(CN2CCCN(c3cccc(NS(=O)(=O)c4ccccc4)c3)C2=O)cc1. The molecule has 3 aromatic carbocycles. The Kier molecular flexibility index (Phi) is 6.70. The van der Waals surface area contributed by atoms with Crippen LogP contribution >= 0.6 is 0 Å². The largest absolute Gasteiger partial charge is 0.324 e. The van der Waals surface area contributed by atoms with Crippen molar-refractivity contribution in [2.24, 2.45) is 0 Å². The van der Waals surface area contributed by atoms with Crippen LogP contribution < -0.4 is 9.62 Å². The predicted octanol–water partition coefficient (Wildman–Crippen LogP) is 5.44. The lowest BCUT2D eigenvalue weighted by molar-refractivity contribution is 0.192. The Bertz CT molecular complexity index is 1210. The van der Waals surface area contributed by atoms with Gasteiger partial charge in [0, 0.05) is 25.3 Å². The minimum atomic E-state index is -3.70. The minimum absolute atomic E-state index is 0.0720. The van der Waals surface area contributed by atoms with E-state index in [-0.39, 0.29) is 10.9 Å². The molecule has 0 aromatic heterocycles. The first-order valence-electron chi connectivity index (χ1n) is 11.2. The van der Waals surface area contributed by atoms with Gasteiger partial charge in [0.2, 0.25) is 0 Å². The van der Waals surface area contributed by atoms with Crippen molar-refractivity contribution in [3.05, 3.63) is 90.0 Å². The number of urea groups is 1. The van der Waals surface area contributed by atoms with Gasteiger partial charge in [-0.3, -0.25) is 9.62 Å². The van der Waals surface area contributed by atoms with Crippen LogP contribution in [0.1, 0.15) is 37.3 Å². The third-order valence-electron chi connectivity index (χ3n) is 5.79. The predicted molar refractivity (Wildman–Crippen MR) is 132 cm³/mol. The maximum atomic E-state index is 13.2. The summed E-state index contributed by atoms with van der Waals surface area (Å²) in [4.78, 5) is 17.0. The van der Waals surface area contributed by atoms with Crippen molar-refractivity contribution in [3.8, 4) is 0 Å². The number of rotatable bonds is 7. The zero-order valence-corrected chi connectivity index (χ0v) is 19.8. The number of carbonyl (C=O) groups is 1. The second-order valence-corrected chi connectivity index (χ2v) is 10.3. The molecular weight excluding hydrogens is 434 g/mol. The van der Waals surface area contributed by atoms with Gasteiger partial charge < -0.3 is 4.90 Å². The zero-order valence-electron chi connectivity index (χ0n) is 18.9. The number of hydrogen-bond acceptors (Lipinski definition) is 3. The number of carbonyl (C=O) groups excluding carboxylic acids is 1. The topological polar surface area (TPSA) is 69.7 Å². The first kappa shape index (κ1) is 22.9. The Morgan fingerprint density at radius 3 is 2.33 bits per heavy atom. The molecule has 0 bridgehead atoms. The molecule has 1 saturated heterocycles. The third-order valence-corrected chi connectivity index (χ3v) is 7.19. The highest BCUT2D eigenvalue weighted by Gasteiger charge is 2.27. The molecule has 3 aromatic rings. The highest BCUT2D eigenvalue weighted by atomic mass is 32.2. The zero-order chi connectivity index (χ0) is 23.4. The molecule has 4 rings (SSSR count). The number of nitrogens with zero attached hydrogens (tertiary/aromatic N) is 2. The van der Waals surface area contributed by atoms with Gasteiger partial charge in [-0.25, -0.2) is 13.2 Å². The summed E-state index contributed by atoms with van der Waals surface area (Å²) in [6.07, 6.45) is 0.843. The van der Waals surface area contributed by atoms with Crippen molar-refractivity contribution in [2.75, 3.05) is 22.7 Å². The molecule has 0 radical (unpaired) electrons. The number of nitrogens with one attached hydrogen (secondary N) is 1. The van der Waals surface area contributed by atoms with Crippen LogP contribution in [0.4, 0.5) is 16.2 Å². The Morgan fingerprint density at radius 1 is 0.909 bits per heavy atom. The van der Waals surface area contributed by atoms with Gasteiger partial charge in [0.25, 0.3) is 10.0 Å². The van der Waals surface area contributed by atoms with E-state index in [4.69, 9.17) is 0 Å². The summed E-state index contributed by atoms with van der Waals surface area (Å²) in [7, 11) is -3.70. The van der Waals surface area contributed by atoms with Crippen molar-refractivity contribution >= 4 is 27.4 Å². The van der Waals surface area contributed by atoms with Crippen LogP contribution in [0.5, 0.6) is 0 Å². The van der Waals surface area contributed by atoms with E-state index in [0.717, 1.165) is 12.0 Å². The summed E-state index contributed by atoms with van der Waals surface area (Å²) in [5, 5.41) is 0. The lowest BCUT2D eigenvalue weighted by Crippen LogP contribution is -2.49. The summed E-state index contributed by atoms with van der Waals surface area (Å²) in [6, 6.07) is 23.6. The fourth-order valence-corrected chi connectivity index (χ4v) is 5.02. The summed E-state index contributed by atoms with van der Waals surface area (Å²) < 4.78 is 28.0. The Hall–Kier alpha value is -3.32. The Balaban J connectivity index is 1.49. The van der Waals surface area contributed by atoms with E-state index in [1.54, 1.807) is 53.4 Å². The molecule has 7 heteroatoms. The molecular formula is C26H29N3O3S. The number of sulfonamides is 1. The summed E-state index contributed by atoms with van der Waals surface area (Å²) in [5.74, 6) is 0.470. The van der Waals surface area contributed by atoms with Gasteiger partial charge in [-0.2, -0.15) is 0 Å². The second kappa shape index (κ2) is 9.67. The molecule has 0 unspecified atom stereocenters. The molecule has 1 N–H and O–H groups in total. The fraction of sp³-hybridized carbons (Fsp3) is 0.269. The average Bonchev–Trinajstić information content (AvgIpc) is 2.81. The third kappa shape index (κ3) is 5.37. The second-order valence-electron chi connectivity index (χ2n) is 8.57. The van der Waals surface area contributed by atoms with E-state index in [0.29, 0.717) is 36.9 Å². The van der Waals surface area contributed by atoms with Crippen LogP contribution in [0.2, 0.25) is 0 Å². The first-order chi connectivity index (χ1) is 15.8. The van der Waals surface area contributed by atoms with Crippen molar-refractivity contribution in [2.45, 2.75) is 37.6 Å². The minimum Gasteiger partial charge on any atom is -0.320 e. The number of benzene rings is 3. The first-order valence-corrected chi connectivity index (χ1v) is 12.6. The number of hydrogen-bond donors (Lipinski definition) is 1. The smallest absolute Gasteiger partial charge is 0.320 e. The van der Waals surface area contributed by atoms with Crippen molar-refractivity contribution < 1.29 is 13.2 Å². The average molecular weight is 464 g/mol. The highest BCUT2D eigenvalue weighted by Crippen LogP contribution is 2.26. The van der Waals surface area contributed by atoms with Crippen LogP contribution in [0, 0.1) is 0 Å². The quantitative estimate of drug-likeness (QED) is 0.507. The van der Waals surface area contributed by atoms with E-state index in [2.05, 4.69) is 42.8 Å². The molecule has 0 spiro atoms. The molecule has 0 aliphatic carbocycles. The van der Waals surface area contributed by atoms with E-state index in [1.165, 1.54) is 5.56 Å². The summed E-state index contributed by atoms with van der Waals surface area (Å²) >= 11 is 0. The van der Waals surface area contributed by atoms with Crippen LogP contribution in [0.25, 0.3) is 0 Å². The lowest BCUT2D eigenvalue weighted by atomic mass is 10.0. The molecule has 0 atom stereocenters. The molecule has 1 fully saturated rings. The maximum absolute atomic E-state index is 13.2. The van der Waals surface area contributed by atoms with E-state index < -0.39 is 10.0 Å². The van der Waals surface area contributed by atoms with Gasteiger partial charge in [0.1, 0.15) is 0 Å². The summed E-state index contributed by atoms with van der Waals surface area (Å²) in [5.41, 5.74) is 3.47. The van der Waals surface area contributed by atoms with Gasteiger partial charge in [-0.1, -0.05) is 62.4 Å². The van der Waals surface area contributed by atoms with Crippen LogP contribution in [-0.2, 0) is 16.6 Å². The van der Waals surface area contributed by atoms with E-state index in [9.17, 15) is 13.2 Å². The number of amides is 2. The van der Waals surface area contributed by atoms with Crippen LogP contribution in [-0.4, -0.2) is 32.4 Å². The van der Waals surface area contributed by atoms with Gasteiger partial charge in [-0.15, -0.1) is 0 Å². The molecule has 2 amide bonds. The Morgan fingerprint density at radius 2 is 1.64 bits per heavy atom. The van der Waals surface area contributed by atoms with Gasteiger partial charge in [0.15, 0.2) is 0 Å². The van der Waals surface area contributed by atoms with Gasteiger partial charge in [0.05, 0.1) is 10.6 Å². The fourth-order valence-electron chi connectivity index (χ4n) is 3.95. The van der Waals surface area contributed by atoms with Crippen LogP contribution in [0.15, 0.2) is 83.8 Å². The monoisotopic (exact) mass is 463 g/mol. The molecule has 1 aliphatic heterocycles. The van der Waals surface area contributed by atoms with Gasteiger partial charge in [-0.05, 0) is 53.8 Å². The van der Waals surface area contributed by atoms with Crippen molar-refractivity contribution in [1.29, 1.82) is 0 Å². The highest BCUT2D eigenvalue weighted by molar-refractivity contribution is 7.92. The standard InChI is InChI=1S/C26H29N3O3S/c1-20(2)22-14-12-21(13-15-22)19-28-16-7-17-29(26(28)30)24-9-6-8-23(18-24)27-33(31,32)25-10-4-3-5-11-25/h3-6,8-15,18,20,27H,7,16-17,19H2,1-2H3. The maximum Gasteiger partial charge on any atom is 0.324 e. The molecule has 0 saturated carbocycles. The molecule has 33 heavy (non-hydrogen) atoms. The molecule has 1 aliphatic rings. The van der Waals surface area contributed by atoms with E-state index in [1.807, 2.05) is 11.0 Å². The number of anilines is 2. The normalized spacial score (nSPS) is 14.6. The van der Waals surface area contributed by atoms with E-state index >= 15 is 0 Å². The van der Waals surface area contributed by atoms with Gasteiger partial charge >= 0.3 is 6.03 Å². The summed E-state index contributed by atoms with van der Waals surface area (Å²) in [6.45, 7) is 6.16. The van der Waals surface area contributed by atoms with Crippen molar-refractivity contribution in [3.63, 3.8) is 0 Å². The molecule has 1 heterocycles. The van der Waals surface area contributed by atoms with Crippen molar-refractivity contribution in [1.82, 2.24) is 4.90 Å². The van der Waals surface area contributed by atoms with Crippen LogP contribution in [0.3, 0.4) is 0 Å². The molecule has 6 nitrogen and oxygen atoms in total. The Labute approximate surface area is 195 Å².